The lowest BCUT2D eigenvalue weighted by atomic mass is 9.94. The monoisotopic (exact) mass is 316 g/mol. The molecule has 0 aromatic heterocycles. The second kappa shape index (κ2) is 5.91. The highest BCUT2D eigenvalue weighted by atomic mass is 16.5. The number of rotatable bonds is 3. The van der Waals surface area contributed by atoms with Crippen LogP contribution in [0.15, 0.2) is 24.3 Å². The van der Waals surface area contributed by atoms with Gasteiger partial charge in [0.15, 0.2) is 0 Å². The maximum absolute atomic E-state index is 10.1. The summed E-state index contributed by atoms with van der Waals surface area (Å²) < 4.78 is 16.7. The second-order valence-electron chi connectivity index (χ2n) is 5.64. The number of methoxy groups -OCH3 is 2. The summed E-state index contributed by atoms with van der Waals surface area (Å²) >= 11 is 0. The van der Waals surface area contributed by atoms with Crippen LogP contribution in [0.2, 0.25) is 0 Å². The Kier molecular flexibility index (Phi) is 3.94. The van der Waals surface area contributed by atoms with Gasteiger partial charge >= 0.3 is 0 Å². The van der Waals surface area contributed by atoms with Crippen LogP contribution in [-0.2, 0) is 6.42 Å². The lowest BCUT2D eigenvalue weighted by Gasteiger charge is -2.29. The first-order valence-corrected chi connectivity index (χ1v) is 7.47. The predicted molar refractivity (Wildman–Crippen MR) is 85.7 cm³/mol. The lowest BCUT2D eigenvalue weighted by molar-refractivity contribution is 0.171. The van der Waals surface area contributed by atoms with Gasteiger partial charge in [0.25, 0.3) is 0 Å². The first-order valence-electron chi connectivity index (χ1n) is 7.47. The number of fused-ring (bicyclic) bond motifs is 1. The molecular weight excluding hydrogens is 296 g/mol. The third-order valence-electron chi connectivity index (χ3n) is 4.22. The van der Waals surface area contributed by atoms with E-state index in [4.69, 9.17) is 14.2 Å². The fourth-order valence-electron chi connectivity index (χ4n) is 2.97. The van der Waals surface area contributed by atoms with Crippen LogP contribution in [0.3, 0.4) is 0 Å². The summed E-state index contributed by atoms with van der Waals surface area (Å²) in [5, 5.41) is 19.9. The zero-order chi connectivity index (χ0) is 16.6. The van der Waals surface area contributed by atoms with Gasteiger partial charge in [0.1, 0.15) is 34.9 Å². The molecule has 0 radical (unpaired) electrons. The van der Waals surface area contributed by atoms with Crippen molar-refractivity contribution in [1.82, 2.24) is 0 Å². The van der Waals surface area contributed by atoms with Crippen molar-refractivity contribution in [3.8, 4) is 28.7 Å². The van der Waals surface area contributed by atoms with E-state index in [1.807, 2.05) is 13.0 Å². The molecule has 5 nitrogen and oxygen atoms in total. The predicted octanol–water partition coefficient (Wildman–Crippen LogP) is 3.49. The SMILES string of the molecule is COc1cc(O)cc([C@H]2CCc3c(OC)cc(O)c(C)c3O2)c1. The molecule has 23 heavy (non-hydrogen) atoms. The molecule has 0 saturated carbocycles. The van der Waals surface area contributed by atoms with Crippen molar-refractivity contribution in [2.45, 2.75) is 25.9 Å². The summed E-state index contributed by atoms with van der Waals surface area (Å²) in [5.74, 6) is 2.16. The zero-order valence-electron chi connectivity index (χ0n) is 13.4. The van der Waals surface area contributed by atoms with Crippen molar-refractivity contribution < 1.29 is 24.4 Å². The van der Waals surface area contributed by atoms with Crippen molar-refractivity contribution >= 4 is 0 Å². The maximum Gasteiger partial charge on any atom is 0.133 e. The third kappa shape index (κ3) is 2.74. The van der Waals surface area contributed by atoms with Crippen LogP contribution in [-0.4, -0.2) is 24.4 Å². The topological polar surface area (TPSA) is 68.2 Å². The highest BCUT2D eigenvalue weighted by molar-refractivity contribution is 5.57. The minimum atomic E-state index is -0.214. The van der Waals surface area contributed by atoms with Crippen molar-refractivity contribution in [3.05, 3.63) is 41.0 Å². The Balaban J connectivity index is 2.00. The van der Waals surface area contributed by atoms with Crippen LogP contribution in [0.25, 0.3) is 0 Å². The molecule has 3 rings (SSSR count). The highest BCUT2D eigenvalue weighted by Gasteiger charge is 2.27. The molecule has 0 aliphatic carbocycles. The van der Waals surface area contributed by atoms with Gasteiger partial charge in [-0.2, -0.15) is 0 Å². The second-order valence-corrected chi connectivity index (χ2v) is 5.64. The minimum absolute atomic E-state index is 0.138. The molecule has 0 amide bonds. The van der Waals surface area contributed by atoms with Crippen LogP contribution < -0.4 is 14.2 Å². The molecule has 1 heterocycles. The van der Waals surface area contributed by atoms with Gasteiger partial charge in [-0.1, -0.05) is 0 Å². The van der Waals surface area contributed by atoms with Gasteiger partial charge in [-0.15, -0.1) is 0 Å². The smallest absolute Gasteiger partial charge is 0.133 e. The van der Waals surface area contributed by atoms with Crippen LogP contribution in [0.5, 0.6) is 28.7 Å². The van der Waals surface area contributed by atoms with Gasteiger partial charge < -0.3 is 24.4 Å². The fraction of sp³-hybridized carbons (Fsp3) is 0.333. The highest BCUT2D eigenvalue weighted by Crippen LogP contribution is 2.45. The van der Waals surface area contributed by atoms with Gasteiger partial charge in [-0.05, 0) is 37.5 Å². The quantitative estimate of drug-likeness (QED) is 0.907. The summed E-state index contributed by atoms with van der Waals surface area (Å²) in [4.78, 5) is 0. The Bertz CT molecular complexity index is 739. The Morgan fingerprint density at radius 2 is 1.87 bits per heavy atom. The van der Waals surface area contributed by atoms with Gasteiger partial charge in [-0.25, -0.2) is 0 Å². The van der Waals surface area contributed by atoms with E-state index >= 15 is 0 Å². The fourth-order valence-corrected chi connectivity index (χ4v) is 2.97. The van der Waals surface area contributed by atoms with E-state index in [0.29, 0.717) is 22.8 Å². The summed E-state index contributed by atoms with van der Waals surface area (Å²) in [5.41, 5.74) is 2.50. The van der Waals surface area contributed by atoms with Crippen LogP contribution in [0, 0.1) is 6.92 Å². The van der Waals surface area contributed by atoms with Crippen molar-refractivity contribution in [1.29, 1.82) is 0 Å². The number of ether oxygens (including phenoxy) is 3. The molecule has 2 aromatic rings. The molecule has 2 N–H and O–H groups in total. The number of aromatic hydroxyl groups is 2. The normalized spacial score (nSPS) is 16.4. The Labute approximate surface area is 135 Å². The van der Waals surface area contributed by atoms with E-state index in [1.165, 1.54) is 0 Å². The number of phenolic OH excluding ortho intramolecular Hbond substituents is 2. The van der Waals surface area contributed by atoms with E-state index in [-0.39, 0.29) is 17.6 Å². The average molecular weight is 316 g/mol. The summed E-state index contributed by atoms with van der Waals surface area (Å²) in [6.45, 7) is 1.82. The van der Waals surface area contributed by atoms with E-state index in [0.717, 1.165) is 24.0 Å². The Morgan fingerprint density at radius 3 is 2.57 bits per heavy atom. The Morgan fingerprint density at radius 1 is 1.09 bits per heavy atom. The average Bonchev–Trinajstić information content (AvgIpc) is 2.57. The van der Waals surface area contributed by atoms with Gasteiger partial charge in [0.05, 0.1) is 14.2 Å². The first-order chi connectivity index (χ1) is 11.0. The maximum atomic E-state index is 10.1. The van der Waals surface area contributed by atoms with Crippen LogP contribution >= 0.6 is 0 Å². The molecule has 1 aliphatic heterocycles. The molecule has 5 heteroatoms. The van der Waals surface area contributed by atoms with E-state index in [1.54, 1.807) is 32.4 Å². The molecule has 2 aromatic carbocycles. The van der Waals surface area contributed by atoms with E-state index < -0.39 is 0 Å². The summed E-state index contributed by atoms with van der Waals surface area (Å²) in [6.07, 6.45) is 1.30. The van der Waals surface area contributed by atoms with Crippen LogP contribution in [0.4, 0.5) is 0 Å². The van der Waals surface area contributed by atoms with E-state index in [2.05, 4.69) is 0 Å². The largest absolute Gasteiger partial charge is 0.508 e. The van der Waals surface area contributed by atoms with Gasteiger partial charge in [-0.3, -0.25) is 0 Å². The van der Waals surface area contributed by atoms with Crippen molar-refractivity contribution in [3.63, 3.8) is 0 Å². The number of hydrogen-bond donors (Lipinski definition) is 2. The zero-order valence-corrected chi connectivity index (χ0v) is 13.4. The molecule has 0 bridgehead atoms. The lowest BCUT2D eigenvalue weighted by Crippen LogP contribution is -2.17. The van der Waals surface area contributed by atoms with E-state index in [9.17, 15) is 10.2 Å². The molecule has 1 aliphatic rings. The molecular formula is C18H20O5. The molecule has 0 spiro atoms. The first kappa shape index (κ1) is 15.3. The standard InChI is InChI=1S/C18H20O5/c1-10-15(20)9-17(22-3)14-4-5-16(23-18(10)14)11-6-12(19)8-13(7-11)21-2/h6-9,16,19-20H,4-5H2,1-3H3/t16-/m1/s1. The molecule has 0 fully saturated rings. The Hall–Kier alpha value is -2.56. The molecule has 0 saturated heterocycles. The van der Waals surface area contributed by atoms with Crippen LogP contribution in [0.1, 0.15) is 29.2 Å². The number of phenols is 2. The molecule has 1 atom stereocenters. The summed E-state index contributed by atoms with van der Waals surface area (Å²) in [7, 11) is 3.14. The van der Waals surface area contributed by atoms with Gasteiger partial charge in [0, 0.05) is 23.3 Å². The summed E-state index contributed by atoms with van der Waals surface area (Å²) in [6, 6.07) is 6.70. The van der Waals surface area contributed by atoms with Gasteiger partial charge in [0.2, 0.25) is 0 Å². The number of hydrogen-bond acceptors (Lipinski definition) is 5. The minimum Gasteiger partial charge on any atom is -0.508 e. The van der Waals surface area contributed by atoms with Crippen molar-refractivity contribution in [2.75, 3.05) is 14.2 Å². The molecule has 122 valence electrons. The number of benzene rings is 2. The third-order valence-corrected chi connectivity index (χ3v) is 4.22. The molecule has 0 unspecified atom stereocenters. The van der Waals surface area contributed by atoms with Crippen molar-refractivity contribution in [2.24, 2.45) is 0 Å².